The Balaban J connectivity index is 1.52. The average molecular weight is 375 g/mol. The molecule has 1 aromatic carbocycles. The molecule has 3 aromatic rings. The predicted molar refractivity (Wildman–Crippen MR) is 108 cm³/mol. The van der Waals surface area contributed by atoms with Crippen LogP contribution in [0.15, 0.2) is 42.9 Å². The summed E-state index contributed by atoms with van der Waals surface area (Å²) in [7, 11) is 0. The maximum absolute atomic E-state index is 4.96. The highest BCUT2D eigenvalue weighted by atomic mass is 15.4. The molecule has 1 N–H and O–H groups in total. The highest BCUT2D eigenvalue weighted by molar-refractivity contribution is 5.63. The summed E-state index contributed by atoms with van der Waals surface area (Å²) >= 11 is 0. The van der Waals surface area contributed by atoms with E-state index in [1.807, 2.05) is 24.4 Å². The second kappa shape index (κ2) is 7.22. The first-order valence-electron chi connectivity index (χ1n) is 10.2. The summed E-state index contributed by atoms with van der Waals surface area (Å²) in [5.74, 6) is 2.66. The van der Waals surface area contributed by atoms with Crippen LogP contribution >= 0.6 is 0 Å². The van der Waals surface area contributed by atoms with Crippen molar-refractivity contribution in [3.8, 4) is 5.69 Å². The Bertz CT molecular complexity index is 946. The molecule has 0 amide bonds. The number of hydrogen-bond donors (Lipinski definition) is 1. The Kier molecular flexibility index (Phi) is 4.43. The molecule has 2 aromatic heterocycles. The van der Waals surface area contributed by atoms with Crippen LogP contribution in [0.5, 0.6) is 0 Å². The Labute approximate surface area is 164 Å². The van der Waals surface area contributed by atoms with E-state index < -0.39 is 0 Å². The number of anilines is 2. The van der Waals surface area contributed by atoms with Gasteiger partial charge in [0.2, 0.25) is 5.95 Å². The Hall–Kier alpha value is -2.96. The molecule has 1 aliphatic carbocycles. The average Bonchev–Trinajstić information content (AvgIpc) is 3.44. The zero-order valence-electron chi connectivity index (χ0n) is 16.1. The first-order chi connectivity index (χ1) is 13.8. The summed E-state index contributed by atoms with van der Waals surface area (Å²) in [6.07, 6.45) is 9.64. The fourth-order valence-electron chi connectivity index (χ4n) is 4.51. The maximum Gasteiger partial charge on any atom is 0.225 e. The Morgan fingerprint density at radius 3 is 2.75 bits per heavy atom. The highest BCUT2D eigenvalue weighted by Gasteiger charge is 2.38. The van der Waals surface area contributed by atoms with Crippen molar-refractivity contribution < 1.29 is 0 Å². The molecule has 5 rings (SSSR count). The van der Waals surface area contributed by atoms with Gasteiger partial charge in [-0.2, -0.15) is 4.98 Å². The molecule has 0 unspecified atom stereocenters. The zero-order chi connectivity index (χ0) is 18.9. The zero-order valence-corrected chi connectivity index (χ0v) is 16.1. The summed E-state index contributed by atoms with van der Waals surface area (Å²) in [5.41, 5.74) is 2.19. The van der Waals surface area contributed by atoms with Crippen molar-refractivity contribution in [1.29, 1.82) is 0 Å². The fourth-order valence-corrected chi connectivity index (χ4v) is 4.51. The van der Waals surface area contributed by atoms with Crippen molar-refractivity contribution in [2.45, 2.75) is 57.7 Å². The number of nitrogens with one attached hydrogen (secondary N) is 1. The Morgan fingerprint density at radius 1 is 1.14 bits per heavy atom. The van der Waals surface area contributed by atoms with E-state index in [0.29, 0.717) is 18.5 Å². The normalized spacial score (nSPS) is 18.8. The topological polar surface area (TPSA) is 71.8 Å². The molecule has 1 aliphatic heterocycles. The molecule has 0 radical (unpaired) electrons. The second-order valence-electron chi connectivity index (χ2n) is 7.57. The third-order valence-electron chi connectivity index (χ3n) is 5.86. The van der Waals surface area contributed by atoms with E-state index in [9.17, 15) is 0 Å². The van der Waals surface area contributed by atoms with E-state index in [-0.39, 0.29) is 6.04 Å². The van der Waals surface area contributed by atoms with Gasteiger partial charge < -0.3 is 10.2 Å². The molecule has 144 valence electrons. The number of aromatic nitrogens is 5. The number of benzene rings is 1. The SMILES string of the molecule is CC[C@@H]1c2nncn2-c2cnc(NCc3ccccc3)nc2N1C1CCCC1. The van der Waals surface area contributed by atoms with Gasteiger partial charge in [0.15, 0.2) is 11.6 Å². The molecule has 0 saturated heterocycles. The largest absolute Gasteiger partial charge is 0.350 e. The van der Waals surface area contributed by atoms with Crippen molar-refractivity contribution in [2.24, 2.45) is 0 Å². The summed E-state index contributed by atoms with van der Waals surface area (Å²) in [5, 5.41) is 12.0. The minimum absolute atomic E-state index is 0.204. The predicted octanol–water partition coefficient (Wildman–Crippen LogP) is 3.88. The lowest BCUT2D eigenvalue weighted by atomic mass is 10.0. The van der Waals surface area contributed by atoms with Crippen LogP contribution in [0.25, 0.3) is 5.69 Å². The van der Waals surface area contributed by atoms with Gasteiger partial charge in [-0.05, 0) is 24.8 Å². The smallest absolute Gasteiger partial charge is 0.225 e. The molecule has 28 heavy (non-hydrogen) atoms. The van der Waals surface area contributed by atoms with Crippen LogP contribution in [0, 0.1) is 0 Å². The van der Waals surface area contributed by atoms with Crippen LogP contribution in [0.4, 0.5) is 11.8 Å². The van der Waals surface area contributed by atoms with Gasteiger partial charge in [-0.25, -0.2) is 4.98 Å². The van der Waals surface area contributed by atoms with Gasteiger partial charge in [0.1, 0.15) is 12.0 Å². The molecule has 0 spiro atoms. The van der Waals surface area contributed by atoms with Crippen molar-refractivity contribution in [1.82, 2.24) is 24.7 Å². The third kappa shape index (κ3) is 2.91. The van der Waals surface area contributed by atoms with Crippen LogP contribution in [-0.2, 0) is 6.54 Å². The van der Waals surface area contributed by atoms with E-state index >= 15 is 0 Å². The monoisotopic (exact) mass is 375 g/mol. The summed E-state index contributed by atoms with van der Waals surface area (Å²) < 4.78 is 2.05. The standard InChI is InChI=1S/C21H25N7/c1-2-17-20-26-24-14-27(20)18-13-23-21(22-12-15-8-4-3-5-9-15)25-19(18)28(17)16-10-6-7-11-16/h3-5,8-9,13-14,16-17H,2,6-7,10-12H2,1H3,(H,22,23,25)/t17-/m1/s1. The highest BCUT2D eigenvalue weighted by Crippen LogP contribution is 2.42. The van der Waals surface area contributed by atoms with E-state index in [0.717, 1.165) is 23.8 Å². The number of rotatable bonds is 5. The molecule has 2 aliphatic rings. The van der Waals surface area contributed by atoms with E-state index in [1.165, 1.54) is 31.2 Å². The van der Waals surface area contributed by atoms with Crippen molar-refractivity contribution >= 4 is 11.8 Å². The Morgan fingerprint density at radius 2 is 1.96 bits per heavy atom. The molecule has 7 nitrogen and oxygen atoms in total. The molecular weight excluding hydrogens is 350 g/mol. The van der Waals surface area contributed by atoms with Crippen LogP contribution < -0.4 is 10.2 Å². The lowest BCUT2D eigenvalue weighted by Gasteiger charge is -2.40. The molecule has 0 bridgehead atoms. The van der Waals surface area contributed by atoms with Crippen LogP contribution in [0.2, 0.25) is 0 Å². The second-order valence-corrected chi connectivity index (χ2v) is 7.57. The molecule has 1 atom stereocenters. The van der Waals surface area contributed by atoms with Gasteiger partial charge in [0.05, 0.1) is 12.2 Å². The minimum Gasteiger partial charge on any atom is -0.350 e. The van der Waals surface area contributed by atoms with Gasteiger partial charge in [-0.3, -0.25) is 4.57 Å². The summed E-state index contributed by atoms with van der Waals surface area (Å²) in [6.45, 7) is 2.92. The first-order valence-corrected chi connectivity index (χ1v) is 10.2. The first kappa shape index (κ1) is 17.2. The quantitative estimate of drug-likeness (QED) is 0.730. The fraction of sp³-hybridized carbons (Fsp3) is 0.429. The van der Waals surface area contributed by atoms with Gasteiger partial charge in [0.25, 0.3) is 0 Å². The molecule has 1 saturated carbocycles. The lowest BCUT2D eigenvalue weighted by Crippen LogP contribution is -2.42. The van der Waals surface area contributed by atoms with Crippen LogP contribution in [-0.4, -0.2) is 30.8 Å². The van der Waals surface area contributed by atoms with Crippen molar-refractivity contribution in [3.05, 3.63) is 54.2 Å². The van der Waals surface area contributed by atoms with Crippen molar-refractivity contribution in [3.63, 3.8) is 0 Å². The summed E-state index contributed by atoms with van der Waals surface area (Å²) in [6, 6.07) is 11.0. The molecule has 1 fully saturated rings. The lowest BCUT2D eigenvalue weighted by molar-refractivity contribution is 0.469. The third-order valence-corrected chi connectivity index (χ3v) is 5.86. The number of fused-ring (bicyclic) bond motifs is 3. The minimum atomic E-state index is 0.204. The van der Waals surface area contributed by atoms with Gasteiger partial charge >= 0.3 is 0 Å². The summed E-state index contributed by atoms with van der Waals surface area (Å²) in [4.78, 5) is 12.0. The van der Waals surface area contributed by atoms with Crippen LogP contribution in [0.3, 0.4) is 0 Å². The maximum atomic E-state index is 4.96. The van der Waals surface area contributed by atoms with E-state index in [1.54, 1.807) is 6.33 Å². The molecular formula is C21H25N7. The van der Waals surface area contributed by atoms with Gasteiger partial charge in [-0.1, -0.05) is 50.1 Å². The van der Waals surface area contributed by atoms with Gasteiger partial charge in [-0.15, -0.1) is 10.2 Å². The van der Waals surface area contributed by atoms with E-state index in [4.69, 9.17) is 4.98 Å². The van der Waals surface area contributed by atoms with E-state index in [2.05, 4.69) is 49.0 Å². The number of nitrogens with zero attached hydrogens (tertiary/aromatic N) is 6. The molecule has 3 heterocycles. The van der Waals surface area contributed by atoms with Gasteiger partial charge in [0, 0.05) is 12.6 Å². The van der Waals surface area contributed by atoms with Crippen molar-refractivity contribution in [2.75, 3.05) is 10.2 Å². The molecule has 7 heteroatoms. The van der Waals surface area contributed by atoms with Crippen LogP contribution in [0.1, 0.15) is 56.5 Å². The number of hydrogen-bond acceptors (Lipinski definition) is 6.